The van der Waals surface area contributed by atoms with Gasteiger partial charge in [0.25, 0.3) is 0 Å². The highest BCUT2D eigenvalue weighted by atomic mass is 32.2. The lowest BCUT2D eigenvalue weighted by Crippen LogP contribution is -2.48. The van der Waals surface area contributed by atoms with Crippen LogP contribution < -0.4 is 5.32 Å². The minimum atomic E-state index is 0.630. The summed E-state index contributed by atoms with van der Waals surface area (Å²) in [6.07, 6.45) is 1.19. The number of hydrogen-bond donors (Lipinski definition) is 1. The summed E-state index contributed by atoms with van der Waals surface area (Å²) in [4.78, 5) is 7.29. The van der Waals surface area contributed by atoms with Gasteiger partial charge in [-0.05, 0) is 18.9 Å². The molecule has 0 aliphatic carbocycles. The summed E-state index contributed by atoms with van der Waals surface area (Å²) < 4.78 is 2.02. The molecule has 1 aromatic carbocycles. The number of aromatic nitrogens is 3. The smallest absolute Gasteiger partial charge is 0.194 e. The first-order valence-electron chi connectivity index (χ1n) is 9.21. The van der Waals surface area contributed by atoms with Crippen molar-refractivity contribution in [3.05, 3.63) is 47.5 Å². The molecule has 1 saturated heterocycles. The summed E-state index contributed by atoms with van der Waals surface area (Å²) in [6, 6.07) is 10.4. The number of aliphatic imine (C=N–C) groups is 1. The molecular formula is C19H28N6S. The molecule has 140 valence electrons. The van der Waals surface area contributed by atoms with E-state index in [9.17, 15) is 0 Å². The Morgan fingerprint density at radius 1 is 1.31 bits per heavy atom. The minimum Gasteiger partial charge on any atom is -0.349 e. The Morgan fingerprint density at radius 3 is 2.81 bits per heavy atom. The highest BCUT2D eigenvalue weighted by Crippen LogP contribution is 2.21. The van der Waals surface area contributed by atoms with Crippen LogP contribution in [0.5, 0.6) is 0 Å². The van der Waals surface area contributed by atoms with Gasteiger partial charge in [-0.3, -0.25) is 0 Å². The second-order valence-electron chi connectivity index (χ2n) is 6.55. The third-order valence-corrected chi connectivity index (χ3v) is 6.11. The van der Waals surface area contributed by atoms with E-state index in [1.54, 1.807) is 0 Å². The lowest BCUT2D eigenvalue weighted by Gasteiger charge is -2.34. The molecule has 1 aromatic heterocycles. The number of hydrogen-bond acceptors (Lipinski definition) is 4. The average Bonchev–Trinajstić information content (AvgIpc) is 3.01. The molecule has 1 N–H and O–H groups in total. The largest absolute Gasteiger partial charge is 0.349 e. The molecule has 1 fully saturated rings. The number of guanidine groups is 1. The number of rotatable bonds is 5. The third kappa shape index (κ3) is 4.78. The van der Waals surface area contributed by atoms with Gasteiger partial charge in [0.1, 0.15) is 5.82 Å². The van der Waals surface area contributed by atoms with Crippen LogP contribution in [-0.4, -0.2) is 49.7 Å². The fourth-order valence-corrected chi connectivity index (χ4v) is 4.12. The van der Waals surface area contributed by atoms with Crippen molar-refractivity contribution in [2.45, 2.75) is 38.6 Å². The molecule has 0 spiro atoms. The Labute approximate surface area is 160 Å². The fraction of sp³-hybridized carbons (Fsp3) is 0.526. The van der Waals surface area contributed by atoms with Crippen LogP contribution >= 0.6 is 11.8 Å². The molecule has 1 unspecified atom stereocenters. The average molecular weight is 373 g/mol. The maximum Gasteiger partial charge on any atom is 0.194 e. The topological polar surface area (TPSA) is 58.3 Å². The maximum atomic E-state index is 4.90. The Morgan fingerprint density at radius 2 is 2.12 bits per heavy atom. The molecular weight excluding hydrogens is 344 g/mol. The first-order chi connectivity index (χ1) is 12.7. The highest BCUT2D eigenvalue weighted by Gasteiger charge is 2.22. The van der Waals surface area contributed by atoms with Gasteiger partial charge < -0.3 is 14.8 Å². The molecule has 6 nitrogen and oxygen atoms in total. The molecule has 1 aliphatic rings. The molecule has 2 heterocycles. The molecule has 3 rings (SSSR count). The van der Waals surface area contributed by atoms with E-state index in [2.05, 4.69) is 63.4 Å². The summed E-state index contributed by atoms with van der Waals surface area (Å²) in [7, 11) is 2.00. The molecule has 1 aliphatic heterocycles. The zero-order chi connectivity index (χ0) is 18.4. The van der Waals surface area contributed by atoms with Crippen molar-refractivity contribution in [3.8, 4) is 0 Å². The van der Waals surface area contributed by atoms with Crippen LogP contribution in [0.25, 0.3) is 0 Å². The Balaban J connectivity index is 1.73. The zero-order valence-electron chi connectivity index (χ0n) is 15.9. The molecule has 0 saturated carbocycles. The number of nitrogens with one attached hydrogen (secondary N) is 1. The monoisotopic (exact) mass is 372 g/mol. The summed E-state index contributed by atoms with van der Waals surface area (Å²) in [5.41, 5.74) is 1.22. The lowest BCUT2D eigenvalue weighted by atomic mass is 10.2. The van der Waals surface area contributed by atoms with Crippen LogP contribution in [0.4, 0.5) is 0 Å². The van der Waals surface area contributed by atoms with E-state index in [1.165, 1.54) is 12.0 Å². The van der Waals surface area contributed by atoms with E-state index in [0.717, 1.165) is 36.5 Å². The minimum absolute atomic E-state index is 0.630. The summed E-state index contributed by atoms with van der Waals surface area (Å²) in [6.45, 7) is 7.61. The van der Waals surface area contributed by atoms with Crippen molar-refractivity contribution in [2.75, 3.05) is 18.8 Å². The van der Waals surface area contributed by atoms with Crippen LogP contribution in [0, 0.1) is 6.92 Å². The highest BCUT2D eigenvalue weighted by molar-refractivity contribution is 8.00. The molecule has 0 bridgehead atoms. The Hall–Kier alpha value is -2.02. The van der Waals surface area contributed by atoms with Gasteiger partial charge in [0.15, 0.2) is 11.8 Å². The van der Waals surface area contributed by atoms with Gasteiger partial charge in [-0.1, -0.05) is 37.3 Å². The molecule has 0 radical (unpaired) electrons. The first kappa shape index (κ1) is 18.8. The van der Waals surface area contributed by atoms with Gasteiger partial charge in [-0.15, -0.1) is 10.2 Å². The van der Waals surface area contributed by atoms with Gasteiger partial charge in [0.2, 0.25) is 0 Å². The Bertz CT molecular complexity index is 727. The van der Waals surface area contributed by atoms with Crippen LogP contribution in [0.2, 0.25) is 0 Å². The summed E-state index contributed by atoms with van der Waals surface area (Å²) >= 11 is 2.07. The summed E-state index contributed by atoms with van der Waals surface area (Å²) in [5.74, 6) is 3.96. The van der Waals surface area contributed by atoms with Crippen LogP contribution in [0.15, 0.2) is 35.3 Å². The van der Waals surface area contributed by atoms with E-state index in [1.807, 2.05) is 24.6 Å². The normalized spacial score (nSPS) is 18.2. The second-order valence-corrected chi connectivity index (χ2v) is 7.96. The predicted molar refractivity (Wildman–Crippen MR) is 108 cm³/mol. The SMILES string of the molecule is CCC1CN(C(=NCc2ccccc2)NCc2nnc(C)n2C)CCS1. The Kier molecular flexibility index (Phi) is 6.55. The summed E-state index contributed by atoms with van der Waals surface area (Å²) in [5, 5.41) is 12.6. The maximum absolute atomic E-state index is 4.90. The van der Waals surface area contributed by atoms with E-state index in [4.69, 9.17) is 4.99 Å². The van der Waals surface area contributed by atoms with Crippen molar-refractivity contribution < 1.29 is 0 Å². The number of thioether (sulfide) groups is 1. The molecule has 26 heavy (non-hydrogen) atoms. The first-order valence-corrected chi connectivity index (χ1v) is 10.3. The van der Waals surface area contributed by atoms with Gasteiger partial charge in [0.05, 0.1) is 13.1 Å². The van der Waals surface area contributed by atoms with E-state index < -0.39 is 0 Å². The zero-order valence-corrected chi connectivity index (χ0v) is 16.7. The second kappa shape index (κ2) is 9.07. The molecule has 0 amide bonds. The predicted octanol–water partition coefficient (Wildman–Crippen LogP) is 2.60. The van der Waals surface area contributed by atoms with E-state index in [0.29, 0.717) is 18.3 Å². The lowest BCUT2D eigenvalue weighted by molar-refractivity contribution is 0.405. The van der Waals surface area contributed by atoms with Gasteiger partial charge in [-0.2, -0.15) is 11.8 Å². The molecule has 1 atom stereocenters. The van der Waals surface area contributed by atoms with Gasteiger partial charge >= 0.3 is 0 Å². The standard InChI is InChI=1S/C19H28N6S/c1-4-17-14-25(10-11-26-17)19(20-12-16-8-6-5-7-9-16)21-13-18-23-22-15(2)24(18)3/h5-9,17H,4,10-14H2,1-3H3,(H,20,21). The molecule has 7 heteroatoms. The van der Waals surface area contributed by atoms with Crippen molar-refractivity contribution >= 4 is 17.7 Å². The number of benzene rings is 1. The van der Waals surface area contributed by atoms with Gasteiger partial charge in [0, 0.05) is 31.1 Å². The third-order valence-electron chi connectivity index (χ3n) is 4.74. The van der Waals surface area contributed by atoms with Gasteiger partial charge in [-0.25, -0.2) is 4.99 Å². The molecule has 2 aromatic rings. The van der Waals surface area contributed by atoms with Crippen molar-refractivity contribution in [3.63, 3.8) is 0 Å². The van der Waals surface area contributed by atoms with Crippen molar-refractivity contribution in [1.29, 1.82) is 0 Å². The number of nitrogens with zero attached hydrogens (tertiary/aromatic N) is 5. The quantitative estimate of drug-likeness (QED) is 0.646. The van der Waals surface area contributed by atoms with E-state index in [-0.39, 0.29) is 0 Å². The van der Waals surface area contributed by atoms with Crippen molar-refractivity contribution in [1.82, 2.24) is 25.0 Å². The van der Waals surface area contributed by atoms with E-state index >= 15 is 0 Å². The van der Waals surface area contributed by atoms with Crippen molar-refractivity contribution in [2.24, 2.45) is 12.0 Å². The van der Waals surface area contributed by atoms with Crippen LogP contribution in [0.3, 0.4) is 0 Å². The van der Waals surface area contributed by atoms with Crippen LogP contribution in [0.1, 0.15) is 30.6 Å². The number of aryl methyl sites for hydroxylation is 1. The fourth-order valence-electron chi connectivity index (χ4n) is 2.94. The van der Waals surface area contributed by atoms with Crippen LogP contribution in [-0.2, 0) is 20.1 Å².